The molecule has 0 amide bonds. The Labute approximate surface area is 395 Å². The Morgan fingerprint density at radius 3 is 1.49 bits per heavy atom. The molecule has 0 radical (unpaired) electrons. The molecule has 0 bridgehead atoms. The summed E-state index contributed by atoms with van der Waals surface area (Å²) in [4.78, 5) is 2.47. The van der Waals surface area contributed by atoms with E-state index in [0.717, 1.165) is 83.2 Å². The largest absolute Gasteiger partial charge is 0.455 e. The van der Waals surface area contributed by atoms with Gasteiger partial charge in [0.2, 0.25) is 0 Å². The predicted octanol–water partition coefficient (Wildman–Crippen LogP) is 18.9. The maximum atomic E-state index is 6.77. The number of nitrogens with zero attached hydrogens (tertiary/aromatic N) is 1. The molecule has 1 aromatic heterocycles. The number of anilines is 3. The van der Waals surface area contributed by atoms with Crippen molar-refractivity contribution in [3.8, 4) is 55.6 Å². The standard InChI is InChI=1S/C66H43NO/c1-2-15-48(16-3-1)57-41-38-51(56-27-13-21-47-18-5-8-23-54(47)56)43-63(57)67(52-39-35-45(36-40-52)44-31-33-50(34-32-44)55-26-12-20-46-17-4-7-22-53(46)55)62-29-11-10-25-59(62)60-28-14-30-64-65(60)61-42-37-49-19-6-9-24-58(49)66(61)68-64/h1-43H. The quantitative estimate of drug-likeness (QED) is 0.151. The molecule has 0 unspecified atom stereocenters. The van der Waals surface area contributed by atoms with Crippen molar-refractivity contribution in [2.24, 2.45) is 0 Å². The van der Waals surface area contributed by atoms with Crippen LogP contribution < -0.4 is 4.90 Å². The van der Waals surface area contributed by atoms with Crippen molar-refractivity contribution in [3.05, 3.63) is 261 Å². The number of para-hydroxylation sites is 1. The number of hydrogen-bond donors (Lipinski definition) is 0. The summed E-state index contributed by atoms with van der Waals surface area (Å²) in [5, 5.41) is 9.44. The summed E-state index contributed by atoms with van der Waals surface area (Å²) in [6, 6.07) is 94.6. The fourth-order valence-electron chi connectivity index (χ4n) is 10.4. The van der Waals surface area contributed by atoms with Crippen LogP contribution in [0.1, 0.15) is 0 Å². The topological polar surface area (TPSA) is 16.4 Å². The van der Waals surface area contributed by atoms with Gasteiger partial charge in [0.05, 0.1) is 11.4 Å². The highest BCUT2D eigenvalue weighted by Gasteiger charge is 2.24. The number of furan rings is 1. The number of rotatable bonds is 8. The van der Waals surface area contributed by atoms with Crippen LogP contribution in [0.2, 0.25) is 0 Å². The predicted molar refractivity (Wildman–Crippen MR) is 288 cm³/mol. The molecule has 0 N–H and O–H groups in total. The SMILES string of the molecule is c1ccc(-c2ccc(-c3cccc4ccccc34)cc2N(c2ccc(-c3ccc(-c4cccc5ccccc45)cc3)cc2)c2ccccc2-c2cccc3oc4c5ccccc5ccc4c23)cc1. The zero-order chi connectivity index (χ0) is 45.0. The van der Waals surface area contributed by atoms with E-state index in [-0.39, 0.29) is 0 Å². The van der Waals surface area contributed by atoms with Gasteiger partial charge in [0.1, 0.15) is 11.2 Å². The minimum absolute atomic E-state index is 0.869. The van der Waals surface area contributed by atoms with Crippen molar-refractivity contribution in [1.29, 1.82) is 0 Å². The number of hydrogen-bond acceptors (Lipinski definition) is 2. The molecule has 0 spiro atoms. The molecule has 0 aliphatic carbocycles. The smallest absolute Gasteiger partial charge is 0.143 e. The summed E-state index contributed by atoms with van der Waals surface area (Å²) < 4.78 is 6.77. The maximum Gasteiger partial charge on any atom is 0.143 e. The molecular formula is C66H43NO. The van der Waals surface area contributed by atoms with E-state index in [0.29, 0.717) is 0 Å². The molecule has 0 fully saturated rings. The number of fused-ring (bicyclic) bond motifs is 7. The lowest BCUT2D eigenvalue weighted by Crippen LogP contribution is -2.13. The Hall–Kier alpha value is -8.98. The highest BCUT2D eigenvalue weighted by atomic mass is 16.3. The highest BCUT2D eigenvalue weighted by Crippen LogP contribution is 2.49. The Morgan fingerprint density at radius 2 is 0.765 bits per heavy atom. The molecule has 0 saturated carbocycles. The maximum absolute atomic E-state index is 6.77. The fraction of sp³-hybridized carbons (Fsp3) is 0. The van der Waals surface area contributed by atoms with E-state index in [2.05, 4.69) is 266 Å². The minimum Gasteiger partial charge on any atom is -0.455 e. The Balaban J connectivity index is 1.01. The van der Waals surface area contributed by atoms with E-state index in [1.807, 2.05) is 0 Å². The number of benzene rings is 12. The molecule has 0 aliphatic heterocycles. The van der Waals surface area contributed by atoms with E-state index in [9.17, 15) is 0 Å². The van der Waals surface area contributed by atoms with E-state index in [1.54, 1.807) is 0 Å². The van der Waals surface area contributed by atoms with Crippen LogP contribution in [0.15, 0.2) is 265 Å². The van der Waals surface area contributed by atoms with Gasteiger partial charge in [0.15, 0.2) is 0 Å². The van der Waals surface area contributed by atoms with E-state index < -0.39 is 0 Å². The first-order chi connectivity index (χ1) is 33.7. The van der Waals surface area contributed by atoms with Crippen LogP contribution in [-0.4, -0.2) is 0 Å². The summed E-state index contributed by atoms with van der Waals surface area (Å²) in [6.45, 7) is 0. The summed E-state index contributed by atoms with van der Waals surface area (Å²) in [5.74, 6) is 0. The molecule has 318 valence electrons. The third kappa shape index (κ3) is 6.73. The Bertz CT molecular complexity index is 4000. The average Bonchev–Trinajstić information content (AvgIpc) is 3.81. The lowest BCUT2D eigenvalue weighted by Gasteiger charge is -2.31. The van der Waals surface area contributed by atoms with Gasteiger partial charge in [-0.05, 0) is 108 Å². The highest BCUT2D eigenvalue weighted by molar-refractivity contribution is 6.20. The van der Waals surface area contributed by atoms with E-state index >= 15 is 0 Å². The molecule has 0 aliphatic rings. The first kappa shape index (κ1) is 39.4. The molecular weight excluding hydrogens is 823 g/mol. The van der Waals surface area contributed by atoms with Crippen molar-refractivity contribution in [1.82, 2.24) is 0 Å². The second-order valence-corrected chi connectivity index (χ2v) is 17.6. The van der Waals surface area contributed by atoms with E-state index in [1.165, 1.54) is 43.8 Å². The molecule has 13 rings (SSSR count). The zero-order valence-corrected chi connectivity index (χ0v) is 37.2. The van der Waals surface area contributed by atoms with Gasteiger partial charge in [-0.1, -0.05) is 224 Å². The molecule has 2 nitrogen and oxygen atoms in total. The van der Waals surface area contributed by atoms with E-state index in [4.69, 9.17) is 4.42 Å². The van der Waals surface area contributed by atoms with Crippen LogP contribution in [0.3, 0.4) is 0 Å². The average molecular weight is 866 g/mol. The molecule has 0 atom stereocenters. The molecule has 2 heteroatoms. The van der Waals surface area contributed by atoms with Crippen LogP contribution in [0.5, 0.6) is 0 Å². The third-order valence-corrected chi connectivity index (χ3v) is 13.7. The van der Waals surface area contributed by atoms with Gasteiger partial charge in [-0.2, -0.15) is 0 Å². The summed E-state index contributed by atoms with van der Waals surface area (Å²) in [5.41, 5.74) is 16.6. The first-order valence-corrected chi connectivity index (χ1v) is 23.3. The Kier molecular flexibility index (Phi) is 9.54. The molecule has 12 aromatic carbocycles. The van der Waals surface area contributed by atoms with Crippen molar-refractivity contribution in [2.45, 2.75) is 0 Å². The molecule has 68 heavy (non-hydrogen) atoms. The Morgan fingerprint density at radius 1 is 0.265 bits per heavy atom. The van der Waals surface area contributed by atoms with Crippen LogP contribution in [0.25, 0.3) is 110 Å². The first-order valence-electron chi connectivity index (χ1n) is 23.3. The van der Waals surface area contributed by atoms with Gasteiger partial charge >= 0.3 is 0 Å². The van der Waals surface area contributed by atoms with Gasteiger partial charge in [0, 0.05) is 33.0 Å². The third-order valence-electron chi connectivity index (χ3n) is 13.7. The van der Waals surface area contributed by atoms with Crippen LogP contribution in [0.4, 0.5) is 17.1 Å². The van der Waals surface area contributed by atoms with Crippen molar-refractivity contribution < 1.29 is 4.42 Å². The normalized spacial score (nSPS) is 11.5. The second kappa shape index (κ2) is 16.5. The molecule has 0 saturated heterocycles. The molecule has 1 heterocycles. The summed E-state index contributed by atoms with van der Waals surface area (Å²) >= 11 is 0. The monoisotopic (exact) mass is 865 g/mol. The van der Waals surface area contributed by atoms with Gasteiger partial charge in [-0.25, -0.2) is 0 Å². The van der Waals surface area contributed by atoms with Gasteiger partial charge < -0.3 is 9.32 Å². The summed E-state index contributed by atoms with van der Waals surface area (Å²) in [7, 11) is 0. The van der Waals surface area contributed by atoms with Gasteiger partial charge in [-0.3, -0.25) is 0 Å². The van der Waals surface area contributed by atoms with Crippen LogP contribution in [0, 0.1) is 0 Å². The van der Waals surface area contributed by atoms with Gasteiger partial charge in [0.25, 0.3) is 0 Å². The molecule has 13 aromatic rings. The minimum atomic E-state index is 0.869. The summed E-state index contributed by atoms with van der Waals surface area (Å²) in [6.07, 6.45) is 0. The van der Waals surface area contributed by atoms with Crippen molar-refractivity contribution in [2.75, 3.05) is 4.90 Å². The van der Waals surface area contributed by atoms with Crippen molar-refractivity contribution >= 4 is 71.3 Å². The second-order valence-electron chi connectivity index (χ2n) is 17.6. The van der Waals surface area contributed by atoms with Crippen molar-refractivity contribution in [3.63, 3.8) is 0 Å². The van der Waals surface area contributed by atoms with Crippen LogP contribution in [-0.2, 0) is 0 Å². The lowest BCUT2D eigenvalue weighted by atomic mass is 9.92. The fourth-order valence-corrected chi connectivity index (χ4v) is 10.4. The zero-order valence-electron chi connectivity index (χ0n) is 37.2. The lowest BCUT2D eigenvalue weighted by molar-refractivity contribution is 0.673. The van der Waals surface area contributed by atoms with Crippen LogP contribution >= 0.6 is 0 Å². The van der Waals surface area contributed by atoms with Gasteiger partial charge in [-0.15, -0.1) is 0 Å².